The van der Waals surface area contributed by atoms with E-state index in [0.29, 0.717) is 71.2 Å². The van der Waals surface area contributed by atoms with Gasteiger partial charge in [-0.05, 0) is 42.4 Å². The zero-order valence-corrected chi connectivity index (χ0v) is 29.0. The summed E-state index contributed by atoms with van der Waals surface area (Å²) in [5, 5.41) is 31.9. The SMILES string of the molecule is CCC[C@@H](CCc1ccccc1)NCc1ccc(CCC(=O)CN2CCN(CC(=O)O)CCN(CC(=O)O)CCN(CC(=O)O)CC2)cc1. The molecule has 49 heavy (non-hydrogen) atoms. The van der Waals surface area contributed by atoms with Crippen LogP contribution in [0.15, 0.2) is 54.6 Å². The molecule has 0 radical (unpaired) electrons. The van der Waals surface area contributed by atoms with Gasteiger partial charge in [-0.3, -0.25) is 38.8 Å². The Bertz CT molecular complexity index is 1260. The van der Waals surface area contributed by atoms with Crippen molar-refractivity contribution in [2.45, 2.75) is 58.0 Å². The zero-order valence-electron chi connectivity index (χ0n) is 29.0. The molecule has 12 heteroatoms. The first-order chi connectivity index (χ1) is 23.6. The van der Waals surface area contributed by atoms with E-state index in [1.54, 1.807) is 14.7 Å². The molecule has 0 bridgehead atoms. The Morgan fingerprint density at radius 3 is 1.47 bits per heavy atom. The summed E-state index contributed by atoms with van der Waals surface area (Å²) in [4.78, 5) is 54.8. The van der Waals surface area contributed by atoms with E-state index >= 15 is 0 Å². The van der Waals surface area contributed by atoms with Gasteiger partial charge in [0.1, 0.15) is 5.78 Å². The van der Waals surface area contributed by atoms with Crippen molar-refractivity contribution in [2.24, 2.45) is 0 Å². The summed E-state index contributed by atoms with van der Waals surface area (Å²) >= 11 is 0. The van der Waals surface area contributed by atoms with Gasteiger partial charge >= 0.3 is 17.9 Å². The van der Waals surface area contributed by atoms with Crippen molar-refractivity contribution < 1.29 is 34.5 Å². The zero-order chi connectivity index (χ0) is 35.4. The number of aliphatic carboxylic acids is 3. The number of hydrogen-bond acceptors (Lipinski definition) is 9. The van der Waals surface area contributed by atoms with Gasteiger partial charge in [-0.2, -0.15) is 0 Å². The summed E-state index contributed by atoms with van der Waals surface area (Å²) in [6.45, 7) is 5.63. The van der Waals surface area contributed by atoms with Crippen molar-refractivity contribution in [3.05, 3.63) is 71.3 Å². The molecule has 4 N–H and O–H groups in total. The summed E-state index contributed by atoms with van der Waals surface area (Å²) in [5.41, 5.74) is 3.66. The number of carboxylic acid groups (broad SMARTS) is 3. The Kier molecular flexibility index (Phi) is 17.9. The Hall–Kier alpha value is -3.68. The number of Topliss-reactive ketones (excluding diaryl/α,β-unsaturated/α-hetero) is 1. The van der Waals surface area contributed by atoms with E-state index < -0.39 is 17.9 Å². The number of rotatable bonds is 19. The minimum atomic E-state index is -0.995. The molecule has 1 heterocycles. The van der Waals surface area contributed by atoms with Gasteiger partial charge in [0.25, 0.3) is 0 Å². The second-order valence-corrected chi connectivity index (χ2v) is 13.0. The molecule has 1 atom stereocenters. The molecule has 1 saturated heterocycles. The molecule has 1 aliphatic heterocycles. The van der Waals surface area contributed by atoms with Crippen molar-refractivity contribution in [3.63, 3.8) is 0 Å². The van der Waals surface area contributed by atoms with Crippen LogP contribution in [-0.2, 0) is 38.6 Å². The van der Waals surface area contributed by atoms with Gasteiger partial charge in [0.05, 0.1) is 26.2 Å². The number of nitrogens with one attached hydrogen (secondary N) is 1. The van der Waals surface area contributed by atoms with E-state index in [9.17, 15) is 34.5 Å². The number of hydrogen-bond donors (Lipinski definition) is 4. The number of carbonyl (C=O) groups excluding carboxylic acids is 1. The summed E-state index contributed by atoms with van der Waals surface area (Å²) in [5.74, 6) is -2.87. The molecular weight excluding hydrogens is 626 g/mol. The molecular formula is C37H55N5O7. The van der Waals surface area contributed by atoms with E-state index in [0.717, 1.165) is 37.8 Å². The Morgan fingerprint density at radius 1 is 0.592 bits per heavy atom. The minimum Gasteiger partial charge on any atom is -0.480 e. The van der Waals surface area contributed by atoms with Crippen LogP contribution in [-0.4, -0.2) is 143 Å². The van der Waals surface area contributed by atoms with Gasteiger partial charge in [0.15, 0.2) is 0 Å². The van der Waals surface area contributed by atoms with E-state index in [2.05, 4.69) is 60.8 Å². The Balaban J connectivity index is 1.53. The molecule has 0 spiro atoms. The standard InChI is InChI=1S/C37H55N5O7/c1-2-6-33(15-13-30-7-4-3-5-8-30)38-25-32-11-9-31(10-12-32)14-16-34(43)26-39-17-19-40(27-35(44)45)21-23-42(29-37(48)49)24-22-41(20-18-39)28-36(46)47/h3-5,7-12,33,38H,2,6,13-29H2,1H3,(H,44,45)(H,46,47)(H,48,49)/t33-/m0/s1. The van der Waals surface area contributed by atoms with Gasteiger partial charge in [-0.1, -0.05) is 67.9 Å². The number of benzene rings is 2. The van der Waals surface area contributed by atoms with Crippen molar-refractivity contribution >= 4 is 23.7 Å². The molecule has 2 aromatic rings. The van der Waals surface area contributed by atoms with Crippen molar-refractivity contribution in [2.75, 3.05) is 78.5 Å². The fraction of sp³-hybridized carbons (Fsp3) is 0.568. The number of aryl methyl sites for hydroxylation is 2. The fourth-order valence-electron chi connectivity index (χ4n) is 6.17. The summed E-state index contributed by atoms with van der Waals surface area (Å²) in [7, 11) is 0. The maximum absolute atomic E-state index is 13.2. The smallest absolute Gasteiger partial charge is 0.317 e. The monoisotopic (exact) mass is 681 g/mol. The quantitative estimate of drug-likeness (QED) is 0.172. The first-order valence-corrected chi connectivity index (χ1v) is 17.5. The number of ketones is 1. The Morgan fingerprint density at radius 2 is 1.02 bits per heavy atom. The minimum absolute atomic E-state index is 0.0702. The van der Waals surface area contributed by atoms with Crippen molar-refractivity contribution in [1.82, 2.24) is 24.9 Å². The van der Waals surface area contributed by atoms with Gasteiger partial charge in [-0.15, -0.1) is 0 Å². The van der Waals surface area contributed by atoms with Crippen LogP contribution >= 0.6 is 0 Å². The highest BCUT2D eigenvalue weighted by Gasteiger charge is 2.21. The summed E-state index contributed by atoms with van der Waals surface area (Å²) < 4.78 is 0. The lowest BCUT2D eigenvalue weighted by molar-refractivity contribution is -0.140. The maximum atomic E-state index is 13.2. The number of carboxylic acids is 3. The van der Waals surface area contributed by atoms with Crippen LogP contribution in [0.25, 0.3) is 0 Å². The second-order valence-electron chi connectivity index (χ2n) is 13.0. The predicted octanol–water partition coefficient (Wildman–Crippen LogP) is 2.55. The van der Waals surface area contributed by atoms with Gasteiger partial charge < -0.3 is 20.6 Å². The van der Waals surface area contributed by atoms with Crippen LogP contribution in [0, 0.1) is 0 Å². The third-order valence-electron chi connectivity index (χ3n) is 8.98. The molecule has 1 fully saturated rings. The summed E-state index contributed by atoms with van der Waals surface area (Å²) in [6.07, 6.45) is 5.39. The molecule has 0 amide bonds. The largest absolute Gasteiger partial charge is 0.480 e. The number of nitrogens with zero attached hydrogens (tertiary/aromatic N) is 4. The van der Waals surface area contributed by atoms with Crippen LogP contribution in [0.4, 0.5) is 0 Å². The normalized spacial score (nSPS) is 16.8. The van der Waals surface area contributed by atoms with Gasteiger partial charge in [-0.25, -0.2) is 0 Å². The highest BCUT2D eigenvalue weighted by Crippen LogP contribution is 2.12. The predicted molar refractivity (Wildman–Crippen MR) is 189 cm³/mol. The highest BCUT2D eigenvalue weighted by atomic mass is 16.4. The second kappa shape index (κ2) is 22.1. The van der Waals surface area contributed by atoms with Gasteiger partial charge in [0, 0.05) is 71.4 Å². The molecule has 270 valence electrons. The third kappa shape index (κ3) is 17.0. The van der Waals surface area contributed by atoms with Gasteiger partial charge in [0.2, 0.25) is 0 Å². The lowest BCUT2D eigenvalue weighted by Gasteiger charge is -2.32. The highest BCUT2D eigenvalue weighted by molar-refractivity contribution is 5.80. The van der Waals surface area contributed by atoms with Crippen LogP contribution in [0.1, 0.15) is 49.3 Å². The average molecular weight is 682 g/mol. The maximum Gasteiger partial charge on any atom is 0.317 e. The molecule has 1 aliphatic rings. The third-order valence-corrected chi connectivity index (χ3v) is 8.98. The molecule has 12 nitrogen and oxygen atoms in total. The topological polar surface area (TPSA) is 154 Å². The summed E-state index contributed by atoms with van der Waals surface area (Å²) in [6, 6.07) is 19.4. The van der Waals surface area contributed by atoms with Crippen LogP contribution in [0.3, 0.4) is 0 Å². The van der Waals surface area contributed by atoms with E-state index in [-0.39, 0.29) is 32.0 Å². The average Bonchev–Trinajstić information content (AvgIpc) is 3.06. The lowest BCUT2D eigenvalue weighted by Crippen LogP contribution is -2.49. The van der Waals surface area contributed by atoms with Crippen LogP contribution in [0.5, 0.6) is 0 Å². The molecule has 0 aliphatic carbocycles. The fourth-order valence-corrected chi connectivity index (χ4v) is 6.17. The molecule has 0 unspecified atom stereocenters. The first kappa shape index (κ1) is 39.8. The van der Waals surface area contributed by atoms with E-state index in [1.165, 1.54) is 11.1 Å². The molecule has 3 rings (SSSR count). The van der Waals surface area contributed by atoms with Crippen molar-refractivity contribution in [3.8, 4) is 0 Å². The van der Waals surface area contributed by atoms with Crippen LogP contribution < -0.4 is 5.32 Å². The number of carbonyl (C=O) groups is 4. The van der Waals surface area contributed by atoms with Crippen LogP contribution in [0.2, 0.25) is 0 Å². The van der Waals surface area contributed by atoms with E-state index in [1.807, 2.05) is 11.0 Å². The molecule has 2 aromatic carbocycles. The Labute approximate surface area is 290 Å². The first-order valence-electron chi connectivity index (χ1n) is 17.5. The lowest BCUT2D eigenvalue weighted by atomic mass is 10.0. The van der Waals surface area contributed by atoms with Crippen molar-refractivity contribution in [1.29, 1.82) is 0 Å². The van der Waals surface area contributed by atoms with E-state index in [4.69, 9.17) is 0 Å². The molecule has 0 saturated carbocycles. The molecule has 0 aromatic heterocycles.